The summed E-state index contributed by atoms with van der Waals surface area (Å²) in [5.74, 6) is 0.710. The third kappa shape index (κ3) is 2.35. The first kappa shape index (κ1) is 13.6. The van der Waals surface area contributed by atoms with Crippen LogP contribution < -0.4 is 5.56 Å². The normalized spacial score (nSPS) is 18.3. The molecule has 1 atom stereocenters. The van der Waals surface area contributed by atoms with Crippen LogP contribution in [0.25, 0.3) is 10.9 Å². The van der Waals surface area contributed by atoms with Crippen molar-refractivity contribution >= 4 is 22.5 Å². The van der Waals surface area contributed by atoms with Crippen molar-refractivity contribution in [1.82, 2.24) is 9.55 Å². The van der Waals surface area contributed by atoms with E-state index in [0.29, 0.717) is 11.2 Å². The standard InChI is InChI=1S/C16H19ClN2O/c1-11(17)15-18-14-10-6-5-9-13(14)16(20)19(15)12-7-3-2-4-8-12/h5-6,9-12H,2-4,7-8H2,1H3. The number of aromatic nitrogens is 2. The van der Waals surface area contributed by atoms with Crippen molar-refractivity contribution in [2.75, 3.05) is 0 Å². The zero-order valence-corrected chi connectivity index (χ0v) is 12.4. The van der Waals surface area contributed by atoms with Crippen LogP contribution in [0.5, 0.6) is 0 Å². The first-order valence-corrected chi connectivity index (χ1v) is 7.77. The number of para-hydroxylation sites is 1. The number of hydrogen-bond donors (Lipinski definition) is 0. The SMILES string of the molecule is CC(Cl)c1nc2ccccc2c(=O)n1C1CCCCC1. The van der Waals surface area contributed by atoms with Crippen LogP contribution in [0.15, 0.2) is 29.1 Å². The Hall–Kier alpha value is -1.35. The molecule has 2 aromatic rings. The summed E-state index contributed by atoms with van der Waals surface area (Å²) in [6.07, 6.45) is 5.73. The molecule has 0 saturated heterocycles. The molecule has 1 aromatic heterocycles. The highest BCUT2D eigenvalue weighted by Crippen LogP contribution is 2.30. The van der Waals surface area contributed by atoms with Crippen LogP contribution in [0, 0.1) is 0 Å². The molecule has 1 aliphatic rings. The zero-order valence-electron chi connectivity index (χ0n) is 11.7. The summed E-state index contributed by atoms with van der Waals surface area (Å²) in [6.45, 7) is 1.89. The predicted molar refractivity (Wildman–Crippen MR) is 82.4 cm³/mol. The third-order valence-electron chi connectivity index (χ3n) is 4.13. The number of nitrogens with zero attached hydrogens (tertiary/aromatic N) is 2. The summed E-state index contributed by atoms with van der Waals surface area (Å²) >= 11 is 6.28. The lowest BCUT2D eigenvalue weighted by atomic mass is 9.95. The van der Waals surface area contributed by atoms with Crippen LogP contribution in [0.4, 0.5) is 0 Å². The van der Waals surface area contributed by atoms with Crippen molar-refractivity contribution < 1.29 is 0 Å². The summed E-state index contributed by atoms with van der Waals surface area (Å²) in [4.78, 5) is 17.5. The Bertz CT molecular complexity index is 672. The lowest BCUT2D eigenvalue weighted by Gasteiger charge is -2.27. The van der Waals surface area contributed by atoms with E-state index in [0.717, 1.165) is 18.4 Å². The molecular formula is C16H19ClN2O. The largest absolute Gasteiger partial charge is 0.292 e. The van der Waals surface area contributed by atoms with Gasteiger partial charge in [-0.25, -0.2) is 4.98 Å². The molecule has 0 radical (unpaired) electrons. The zero-order chi connectivity index (χ0) is 14.1. The van der Waals surface area contributed by atoms with Crippen molar-refractivity contribution in [3.63, 3.8) is 0 Å². The van der Waals surface area contributed by atoms with Crippen LogP contribution >= 0.6 is 11.6 Å². The second kappa shape index (κ2) is 5.57. The molecule has 1 saturated carbocycles. The van der Waals surface area contributed by atoms with Gasteiger partial charge in [0.05, 0.1) is 16.3 Å². The van der Waals surface area contributed by atoms with E-state index in [4.69, 9.17) is 11.6 Å². The Morgan fingerprint density at radius 2 is 1.95 bits per heavy atom. The summed E-state index contributed by atoms with van der Waals surface area (Å²) in [6, 6.07) is 7.78. The van der Waals surface area contributed by atoms with E-state index in [1.54, 1.807) is 0 Å². The van der Waals surface area contributed by atoms with Crippen molar-refractivity contribution in [2.24, 2.45) is 0 Å². The molecule has 20 heavy (non-hydrogen) atoms. The molecule has 0 spiro atoms. The van der Waals surface area contributed by atoms with Gasteiger partial charge >= 0.3 is 0 Å². The van der Waals surface area contributed by atoms with Gasteiger partial charge in [-0.15, -0.1) is 11.6 Å². The number of benzene rings is 1. The average molecular weight is 291 g/mol. The summed E-state index contributed by atoms with van der Waals surface area (Å²) in [7, 11) is 0. The highest BCUT2D eigenvalue weighted by atomic mass is 35.5. The molecule has 1 aliphatic carbocycles. The molecule has 0 aliphatic heterocycles. The molecule has 3 rings (SSSR count). The second-order valence-corrected chi connectivity index (χ2v) is 6.22. The minimum atomic E-state index is -0.255. The Balaban J connectivity index is 2.24. The lowest BCUT2D eigenvalue weighted by molar-refractivity contribution is 0.336. The number of fused-ring (bicyclic) bond motifs is 1. The Kier molecular flexibility index (Phi) is 3.79. The maximum Gasteiger partial charge on any atom is 0.261 e. The first-order chi connectivity index (χ1) is 9.68. The molecule has 0 bridgehead atoms. The number of hydrogen-bond acceptors (Lipinski definition) is 2. The Morgan fingerprint density at radius 3 is 2.65 bits per heavy atom. The van der Waals surface area contributed by atoms with Gasteiger partial charge in [0.25, 0.3) is 5.56 Å². The van der Waals surface area contributed by atoms with Gasteiger partial charge in [-0.2, -0.15) is 0 Å². The Morgan fingerprint density at radius 1 is 1.25 bits per heavy atom. The maximum absolute atomic E-state index is 12.8. The van der Waals surface area contributed by atoms with E-state index in [-0.39, 0.29) is 17.0 Å². The van der Waals surface area contributed by atoms with Gasteiger partial charge in [0, 0.05) is 6.04 Å². The summed E-state index contributed by atoms with van der Waals surface area (Å²) in [5, 5.41) is 0.438. The van der Waals surface area contributed by atoms with E-state index < -0.39 is 0 Å². The van der Waals surface area contributed by atoms with Crippen LogP contribution in [0.2, 0.25) is 0 Å². The predicted octanol–water partition coefficient (Wildman–Crippen LogP) is 4.20. The Labute approximate surface area is 123 Å². The van der Waals surface area contributed by atoms with Crippen LogP contribution in [0.1, 0.15) is 56.3 Å². The molecule has 0 N–H and O–H groups in total. The number of rotatable bonds is 2. The van der Waals surface area contributed by atoms with Gasteiger partial charge < -0.3 is 0 Å². The molecule has 0 amide bonds. The minimum Gasteiger partial charge on any atom is -0.292 e. The minimum absolute atomic E-state index is 0.0602. The molecule has 1 aromatic carbocycles. The van der Waals surface area contributed by atoms with E-state index in [2.05, 4.69) is 4.98 Å². The van der Waals surface area contributed by atoms with Gasteiger partial charge in [0.15, 0.2) is 0 Å². The first-order valence-electron chi connectivity index (χ1n) is 7.33. The quantitative estimate of drug-likeness (QED) is 0.777. The molecular weight excluding hydrogens is 272 g/mol. The summed E-state index contributed by atoms with van der Waals surface area (Å²) in [5.41, 5.74) is 0.803. The van der Waals surface area contributed by atoms with Crippen molar-refractivity contribution in [3.05, 3.63) is 40.4 Å². The van der Waals surface area contributed by atoms with Gasteiger partial charge in [-0.1, -0.05) is 31.4 Å². The van der Waals surface area contributed by atoms with Crippen molar-refractivity contribution in [3.8, 4) is 0 Å². The van der Waals surface area contributed by atoms with Crippen LogP contribution in [0.3, 0.4) is 0 Å². The number of halogens is 1. The fourth-order valence-corrected chi connectivity index (χ4v) is 3.29. The fraction of sp³-hybridized carbons (Fsp3) is 0.500. The van der Waals surface area contributed by atoms with Gasteiger partial charge in [-0.05, 0) is 31.9 Å². The maximum atomic E-state index is 12.8. The molecule has 3 nitrogen and oxygen atoms in total. The van der Waals surface area contributed by atoms with Gasteiger partial charge in [-0.3, -0.25) is 9.36 Å². The topological polar surface area (TPSA) is 34.9 Å². The monoisotopic (exact) mass is 290 g/mol. The van der Waals surface area contributed by atoms with E-state index in [9.17, 15) is 4.79 Å². The number of alkyl halides is 1. The van der Waals surface area contributed by atoms with E-state index >= 15 is 0 Å². The third-order valence-corrected chi connectivity index (χ3v) is 4.33. The van der Waals surface area contributed by atoms with E-state index in [1.165, 1.54) is 19.3 Å². The van der Waals surface area contributed by atoms with Gasteiger partial charge in [0.1, 0.15) is 5.82 Å². The van der Waals surface area contributed by atoms with Crippen LogP contribution in [-0.2, 0) is 0 Å². The smallest absolute Gasteiger partial charge is 0.261 e. The molecule has 1 fully saturated rings. The van der Waals surface area contributed by atoms with Crippen molar-refractivity contribution in [2.45, 2.75) is 50.4 Å². The molecule has 4 heteroatoms. The molecule has 106 valence electrons. The highest BCUT2D eigenvalue weighted by molar-refractivity contribution is 6.20. The second-order valence-electron chi connectivity index (χ2n) is 5.57. The fourth-order valence-electron chi connectivity index (χ4n) is 3.14. The van der Waals surface area contributed by atoms with E-state index in [1.807, 2.05) is 35.8 Å². The van der Waals surface area contributed by atoms with Crippen LogP contribution in [-0.4, -0.2) is 9.55 Å². The highest BCUT2D eigenvalue weighted by Gasteiger charge is 2.23. The van der Waals surface area contributed by atoms with Gasteiger partial charge in [0.2, 0.25) is 0 Å². The molecule has 1 heterocycles. The molecule has 1 unspecified atom stereocenters. The summed E-state index contributed by atoms with van der Waals surface area (Å²) < 4.78 is 1.86. The van der Waals surface area contributed by atoms with Crippen molar-refractivity contribution in [1.29, 1.82) is 0 Å². The lowest BCUT2D eigenvalue weighted by Crippen LogP contribution is -2.30. The average Bonchev–Trinajstić information content (AvgIpc) is 2.48.